The Bertz CT molecular complexity index is 643. The maximum absolute atomic E-state index is 13.0. The molecule has 0 saturated heterocycles. The van der Waals surface area contributed by atoms with Crippen LogP contribution in [0.4, 0.5) is 10.2 Å². The number of hydrogen-bond donors (Lipinski definition) is 2. The fourth-order valence-corrected chi connectivity index (χ4v) is 1.45. The Labute approximate surface area is 107 Å². The average Bonchev–Trinajstić information content (AvgIpc) is 2.39. The molecule has 96 valence electrons. The molecule has 0 radical (unpaired) electrons. The highest BCUT2D eigenvalue weighted by molar-refractivity contribution is 6.04. The summed E-state index contributed by atoms with van der Waals surface area (Å²) in [5.41, 5.74) is 0.132. The first-order chi connectivity index (χ1) is 9.06. The van der Waals surface area contributed by atoms with E-state index in [0.717, 1.165) is 6.07 Å². The molecule has 0 atom stereocenters. The average molecular weight is 260 g/mol. The van der Waals surface area contributed by atoms with Crippen molar-refractivity contribution in [3.63, 3.8) is 0 Å². The fourth-order valence-electron chi connectivity index (χ4n) is 1.45. The third kappa shape index (κ3) is 3.12. The Hall–Kier alpha value is -2.76. The van der Waals surface area contributed by atoms with Crippen molar-refractivity contribution in [2.45, 2.75) is 0 Å². The molecule has 0 saturated carbocycles. The van der Waals surface area contributed by atoms with Crippen LogP contribution >= 0.6 is 0 Å². The first kappa shape index (κ1) is 12.7. The fraction of sp³-hybridized carbons (Fsp3) is 0. The number of nitrogens with zero attached hydrogens (tertiary/aromatic N) is 1. The Kier molecular flexibility index (Phi) is 3.51. The molecule has 1 aromatic heterocycles. The van der Waals surface area contributed by atoms with Crippen molar-refractivity contribution in [1.29, 1.82) is 0 Å². The lowest BCUT2D eigenvalue weighted by molar-refractivity contribution is 0.0696. The van der Waals surface area contributed by atoms with Crippen LogP contribution in [0.15, 0.2) is 42.6 Å². The number of amides is 1. The van der Waals surface area contributed by atoms with E-state index in [-0.39, 0.29) is 16.9 Å². The normalized spacial score (nSPS) is 9.95. The van der Waals surface area contributed by atoms with Crippen LogP contribution in [0.2, 0.25) is 0 Å². The van der Waals surface area contributed by atoms with E-state index < -0.39 is 17.7 Å². The smallest absolute Gasteiger partial charge is 0.335 e. The molecular weight excluding hydrogens is 251 g/mol. The lowest BCUT2D eigenvalue weighted by Crippen LogP contribution is -2.13. The molecule has 1 heterocycles. The molecule has 0 aliphatic heterocycles. The van der Waals surface area contributed by atoms with Gasteiger partial charge in [0.25, 0.3) is 5.91 Å². The molecular formula is C13H9FN2O3. The maximum Gasteiger partial charge on any atom is 0.335 e. The molecule has 0 aliphatic carbocycles. The van der Waals surface area contributed by atoms with Crippen LogP contribution in [-0.2, 0) is 0 Å². The van der Waals surface area contributed by atoms with Crippen molar-refractivity contribution in [2.24, 2.45) is 0 Å². The summed E-state index contributed by atoms with van der Waals surface area (Å²) in [6.45, 7) is 0. The summed E-state index contributed by atoms with van der Waals surface area (Å²) < 4.78 is 13.0. The molecule has 0 fully saturated rings. The number of hydrogen-bond acceptors (Lipinski definition) is 3. The van der Waals surface area contributed by atoms with Gasteiger partial charge in [0.15, 0.2) is 0 Å². The maximum atomic E-state index is 13.0. The summed E-state index contributed by atoms with van der Waals surface area (Å²) in [5.74, 6) is -2.12. The number of carbonyl (C=O) groups excluding carboxylic acids is 1. The SMILES string of the molecule is O=C(O)c1ccnc(NC(=O)c2cccc(F)c2)c1. The van der Waals surface area contributed by atoms with Gasteiger partial charge in [-0.25, -0.2) is 14.2 Å². The summed E-state index contributed by atoms with van der Waals surface area (Å²) in [5, 5.41) is 11.2. The van der Waals surface area contributed by atoms with Gasteiger partial charge in [-0.2, -0.15) is 0 Å². The Balaban J connectivity index is 2.19. The van der Waals surface area contributed by atoms with E-state index in [1.165, 1.54) is 36.5 Å². The van der Waals surface area contributed by atoms with Gasteiger partial charge in [0.05, 0.1) is 5.56 Å². The monoisotopic (exact) mass is 260 g/mol. The van der Waals surface area contributed by atoms with Gasteiger partial charge in [-0.15, -0.1) is 0 Å². The summed E-state index contributed by atoms with van der Waals surface area (Å²) in [7, 11) is 0. The van der Waals surface area contributed by atoms with Crippen molar-refractivity contribution in [1.82, 2.24) is 4.98 Å². The summed E-state index contributed by atoms with van der Waals surface area (Å²) in [6.07, 6.45) is 1.27. The third-order valence-corrected chi connectivity index (χ3v) is 2.34. The second kappa shape index (κ2) is 5.26. The van der Waals surface area contributed by atoms with Crippen molar-refractivity contribution in [3.05, 3.63) is 59.5 Å². The zero-order chi connectivity index (χ0) is 13.8. The van der Waals surface area contributed by atoms with E-state index in [0.29, 0.717) is 0 Å². The van der Waals surface area contributed by atoms with E-state index in [1.54, 1.807) is 0 Å². The second-order valence-corrected chi connectivity index (χ2v) is 3.70. The molecule has 5 nitrogen and oxygen atoms in total. The number of anilines is 1. The Morgan fingerprint density at radius 2 is 1.95 bits per heavy atom. The third-order valence-electron chi connectivity index (χ3n) is 2.34. The van der Waals surface area contributed by atoms with Gasteiger partial charge in [-0.1, -0.05) is 6.07 Å². The van der Waals surface area contributed by atoms with Crippen LogP contribution in [0.3, 0.4) is 0 Å². The Morgan fingerprint density at radius 1 is 1.16 bits per heavy atom. The predicted molar refractivity (Wildman–Crippen MR) is 65.5 cm³/mol. The lowest BCUT2D eigenvalue weighted by Gasteiger charge is -2.05. The van der Waals surface area contributed by atoms with E-state index in [9.17, 15) is 14.0 Å². The van der Waals surface area contributed by atoms with Crippen LogP contribution in [0.25, 0.3) is 0 Å². The molecule has 1 amide bonds. The van der Waals surface area contributed by atoms with Crippen molar-refractivity contribution < 1.29 is 19.1 Å². The van der Waals surface area contributed by atoms with Crippen LogP contribution in [0.1, 0.15) is 20.7 Å². The lowest BCUT2D eigenvalue weighted by atomic mass is 10.2. The minimum atomic E-state index is -1.12. The number of aromatic carboxylic acids is 1. The minimum Gasteiger partial charge on any atom is -0.478 e. The molecule has 0 unspecified atom stereocenters. The number of carbonyl (C=O) groups is 2. The number of carboxylic acids is 1. The molecule has 2 rings (SSSR count). The molecule has 0 spiro atoms. The number of benzene rings is 1. The van der Waals surface area contributed by atoms with Gasteiger partial charge in [-0.05, 0) is 30.3 Å². The molecule has 19 heavy (non-hydrogen) atoms. The molecule has 1 aromatic carbocycles. The number of aromatic nitrogens is 1. The molecule has 2 aromatic rings. The largest absolute Gasteiger partial charge is 0.478 e. The van der Waals surface area contributed by atoms with Crippen LogP contribution < -0.4 is 5.32 Å². The Morgan fingerprint density at radius 3 is 2.63 bits per heavy atom. The van der Waals surface area contributed by atoms with Crippen LogP contribution in [0.5, 0.6) is 0 Å². The molecule has 2 N–H and O–H groups in total. The first-order valence-electron chi connectivity index (χ1n) is 5.32. The van der Waals surface area contributed by atoms with Gasteiger partial charge in [-0.3, -0.25) is 4.79 Å². The number of nitrogens with one attached hydrogen (secondary N) is 1. The topological polar surface area (TPSA) is 79.3 Å². The highest BCUT2D eigenvalue weighted by atomic mass is 19.1. The highest BCUT2D eigenvalue weighted by Crippen LogP contribution is 2.10. The van der Waals surface area contributed by atoms with E-state index in [2.05, 4.69) is 10.3 Å². The molecule has 0 aliphatic rings. The first-order valence-corrected chi connectivity index (χ1v) is 5.32. The van der Waals surface area contributed by atoms with Gasteiger partial charge < -0.3 is 10.4 Å². The number of carboxylic acid groups (broad SMARTS) is 1. The van der Waals surface area contributed by atoms with E-state index in [4.69, 9.17) is 5.11 Å². The van der Waals surface area contributed by atoms with Crippen LogP contribution in [-0.4, -0.2) is 22.0 Å². The zero-order valence-electron chi connectivity index (χ0n) is 9.63. The van der Waals surface area contributed by atoms with Gasteiger partial charge in [0, 0.05) is 11.8 Å². The van der Waals surface area contributed by atoms with E-state index >= 15 is 0 Å². The van der Waals surface area contributed by atoms with Crippen molar-refractivity contribution in [3.8, 4) is 0 Å². The van der Waals surface area contributed by atoms with Crippen LogP contribution in [0, 0.1) is 5.82 Å². The zero-order valence-corrected chi connectivity index (χ0v) is 9.63. The number of pyridine rings is 1. The number of halogens is 1. The second-order valence-electron chi connectivity index (χ2n) is 3.70. The summed E-state index contributed by atoms with van der Waals surface area (Å²) in [6, 6.07) is 7.68. The standard InChI is InChI=1S/C13H9FN2O3/c14-10-3-1-2-8(6-10)12(17)16-11-7-9(13(18)19)4-5-15-11/h1-7H,(H,18,19)(H,15,16,17). The predicted octanol–water partition coefficient (Wildman–Crippen LogP) is 2.17. The van der Waals surface area contributed by atoms with Crippen molar-refractivity contribution in [2.75, 3.05) is 5.32 Å². The van der Waals surface area contributed by atoms with E-state index in [1.807, 2.05) is 0 Å². The number of rotatable bonds is 3. The van der Waals surface area contributed by atoms with Gasteiger partial charge in [0.1, 0.15) is 11.6 Å². The quantitative estimate of drug-likeness (QED) is 0.886. The summed E-state index contributed by atoms with van der Waals surface area (Å²) >= 11 is 0. The highest BCUT2D eigenvalue weighted by Gasteiger charge is 2.09. The van der Waals surface area contributed by atoms with Gasteiger partial charge >= 0.3 is 5.97 Å². The van der Waals surface area contributed by atoms with Crippen molar-refractivity contribution >= 4 is 17.7 Å². The molecule has 6 heteroatoms. The minimum absolute atomic E-state index is 0.00421. The van der Waals surface area contributed by atoms with Gasteiger partial charge in [0.2, 0.25) is 0 Å². The summed E-state index contributed by atoms with van der Waals surface area (Å²) in [4.78, 5) is 26.4. The molecule has 0 bridgehead atoms.